The molecule has 0 fully saturated rings. The Hall–Kier alpha value is -2.54. The molecule has 6 nitrogen and oxygen atoms in total. The lowest BCUT2D eigenvalue weighted by Crippen LogP contribution is -2.27. The van der Waals surface area contributed by atoms with Crippen molar-refractivity contribution in [3.05, 3.63) is 69.3 Å². The Kier molecular flexibility index (Phi) is 6.24. The Bertz CT molecular complexity index is 957. The van der Waals surface area contributed by atoms with Gasteiger partial charge in [-0.2, -0.15) is 5.10 Å². The van der Waals surface area contributed by atoms with Gasteiger partial charge in [0.05, 0.1) is 22.9 Å². The van der Waals surface area contributed by atoms with Crippen LogP contribution in [0.3, 0.4) is 0 Å². The molecule has 0 aliphatic heterocycles. The first-order valence-electron chi connectivity index (χ1n) is 9.14. The number of carbonyl (C=O) groups is 1. The van der Waals surface area contributed by atoms with Crippen LogP contribution in [0, 0.1) is 13.8 Å². The van der Waals surface area contributed by atoms with E-state index in [0.717, 1.165) is 33.6 Å². The molecule has 3 aromatic rings. The van der Waals surface area contributed by atoms with E-state index >= 15 is 0 Å². The van der Waals surface area contributed by atoms with E-state index in [1.165, 1.54) is 0 Å². The molecule has 2 heterocycles. The number of rotatable bonds is 7. The first-order valence-corrected chi connectivity index (χ1v) is 9.93. The average molecular weight is 446 g/mol. The molecule has 0 saturated heterocycles. The maximum atomic E-state index is 12.7. The summed E-state index contributed by atoms with van der Waals surface area (Å²) in [5.41, 5.74) is 3.09. The summed E-state index contributed by atoms with van der Waals surface area (Å²) < 4.78 is 14.4. The van der Waals surface area contributed by atoms with E-state index in [2.05, 4.69) is 21.0 Å². The zero-order valence-electron chi connectivity index (χ0n) is 16.5. The molecule has 3 rings (SSSR count). The minimum absolute atomic E-state index is 0.186. The van der Waals surface area contributed by atoms with Crippen LogP contribution in [0.15, 0.2) is 45.4 Å². The van der Waals surface area contributed by atoms with Gasteiger partial charge in [0.2, 0.25) is 0 Å². The summed E-state index contributed by atoms with van der Waals surface area (Å²) in [6.07, 6.45) is 1.74. The second-order valence-electron chi connectivity index (χ2n) is 6.69. The molecule has 0 radical (unpaired) electrons. The normalized spacial score (nSPS) is 10.9. The minimum atomic E-state index is -0.186. The fraction of sp³-hybridized carbons (Fsp3) is 0.333. The molecule has 1 aromatic carbocycles. The van der Waals surface area contributed by atoms with E-state index in [1.54, 1.807) is 30.3 Å². The number of benzene rings is 1. The Labute approximate surface area is 173 Å². The van der Waals surface area contributed by atoms with Crippen molar-refractivity contribution in [1.29, 1.82) is 0 Å². The van der Waals surface area contributed by atoms with Gasteiger partial charge in [0, 0.05) is 13.6 Å². The summed E-state index contributed by atoms with van der Waals surface area (Å²) in [6.45, 7) is 7.48. The first kappa shape index (κ1) is 20.2. The van der Waals surface area contributed by atoms with Gasteiger partial charge in [-0.3, -0.25) is 9.48 Å². The number of amides is 1. The van der Waals surface area contributed by atoms with E-state index in [4.69, 9.17) is 9.15 Å². The van der Waals surface area contributed by atoms with Crippen molar-refractivity contribution in [1.82, 2.24) is 14.7 Å². The molecule has 7 heteroatoms. The Morgan fingerprint density at radius 2 is 1.96 bits per heavy atom. The van der Waals surface area contributed by atoms with Gasteiger partial charge in [-0.05, 0) is 60.0 Å². The smallest absolute Gasteiger partial charge is 0.289 e. The van der Waals surface area contributed by atoms with E-state index in [1.807, 2.05) is 43.7 Å². The molecule has 0 aliphatic carbocycles. The minimum Gasteiger partial charge on any atom is -0.485 e. The molecule has 28 heavy (non-hydrogen) atoms. The average Bonchev–Trinajstić information content (AvgIpc) is 3.28. The maximum Gasteiger partial charge on any atom is 0.289 e. The third-order valence-electron chi connectivity index (χ3n) is 4.57. The topological polar surface area (TPSA) is 60.5 Å². The second-order valence-corrected chi connectivity index (χ2v) is 7.55. The fourth-order valence-corrected chi connectivity index (χ4v) is 3.46. The maximum absolute atomic E-state index is 12.7. The fourth-order valence-electron chi connectivity index (χ4n) is 3.04. The lowest BCUT2D eigenvalue weighted by molar-refractivity contribution is 0.0745. The summed E-state index contributed by atoms with van der Waals surface area (Å²) >= 11 is 3.49. The van der Waals surface area contributed by atoms with Gasteiger partial charge in [-0.15, -0.1) is 0 Å². The van der Waals surface area contributed by atoms with Crippen LogP contribution in [-0.2, 0) is 19.7 Å². The Morgan fingerprint density at radius 1 is 1.25 bits per heavy atom. The van der Waals surface area contributed by atoms with Gasteiger partial charge in [0.15, 0.2) is 5.76 Å². The molecule has 0 saturated carbocycles. The monoisotopic (exact) mass is 445 g/mol. The van der Waals surface area contributed by atoms with Crippen LogP contribution >= 0.6 is 15.9 Å². The first-order chi connectivity index (χ1) is 13.4. The molecule has 0 aliphatic rings. The molecular formula is C21H24BrN3O3. The van der Waals surface area contributed by atoms with Crippen LogP contribution in [0.5, 0.6) is 5.75 Å². The second kappa shape index (κ2) is 8.65. The van der Waals surface area contributed by atoms with Crippen LogP contribution in [0.2, 0.25) is 0 Å². The van der Waals surface area contributed by atoms with Crippen molar-refractivity contribution in [2.45, 2.75) is 40.5 Å². The third-order valence-corrected chi connectivity index (χ3v) is 5.23. The molecule has 0 N–H and O–H groups in total. The number of hydrogen-bond donors (Lipinski definition) is 0. The van der Waals surface area contributed by atoms with Crippen LogP contribution in [0.1, 0.15) is 40.1 Å². The number of carbonyl (C=O) groups excluding carboxylic acids is 1. The zero-order valence-corrected chi connectivity index (χ0v) is 18.1. The largest absolute Gasteiger partial charge is 0.485 e. The summed E-state index contributed by atoms with van der Waals surface area (Å²) in [5.74, 6) is 1.57. The van der Waals surface area contributed by atoms with Crippen molar-refractivity contribution in [2.24, 2.45) is 0 Å². The standard InChI is InChI=1S/C21H24BrN3O3/c1-5-25-18(17(22)11-23-25)12-24(4)21(26)19-10-9-16(28-19)13-27-20-14(2)7-6-8-15(20)3/h6-11H,5,12-13H2,1-4H3. The summed E-state index contributed by atoms with van der Waals surface area (Å²) in [5, 5.41) is 4.28. The highest BCUT2D eigenvalue weighted by atomic mass is 79.9. The lowest BCUT2D eigenvalue weighted by Gasteiger charge is -2.17. The third kappa shape index (κ3) is 4.30. The van der Waals surface area contributed by atoms with Crippen molar-refractivity contribution in [3.8, 4) is 5.75 Å². The summed E-state index contributed by atoms with van der Waals surface area (Å²) in [6, 6.07) is 9.48. The number of hydrogen-bond acceptors (Lipinski definition) is 4. The van der Waals surface area contributed by atoms with Gasteiger partial charge < -0.3 is 14.1 Å². The van der Waals surface area contributed by atoms with Crippen molar-refractivity contribution < 1.29 is 13.9 Å². The molecule has 1 amide bonds. The van der Waals surface area contributed by atoms with Crippen LogP contribution < -0.4 is 4.74 Å². The molecule has 148 valence electrons. The molecule has 2 aromatic heterocycles. The number of nitrogens with zero attached hydrogens (tertiary/aromatic N) is 3. The molecule has 0 atom stereocenters. The quantitative estimate of drug-likeness (QED) is 0.527. The summed E-state index contributed by atoms with van der Waals surface area (Å²) in [7, 11) is 1.75. The highest BCUT2D eigenvalue weighted by Gasteiger charge is 2.19. The summed E-state index contributed by atoms with van der Waals surface area (Å²) in [4.78, 5) is 14.3. The molecule has 0 unspecified atom stereocenters. The van der Waals surface area contributed by atoms with Crippen molar-refractivity contribution in [3.63, 3.8) is 0 Å². The van der Waals surface area contributed by atoms with Crippen molar-refractivity contribution in [2.75, 3.05) is 7.05 Å². The SMILES string of the molecule is CCn1ncc(Br)c1CN(C)C(=O)c1ccc(COc2c(C)cccc2C)o1. The van der Waals surface area contributed by atoms with Gasteiger partial charge in [0.25, 0.3) is 5.91 Å². The highest BCUT2D eigenvalue weighted by molar-refractivity contribution is 9.10. The van der Waals surface area contributed by atoms with E-state index < -0.39 is 0 Å². The Morgan fingerprint density at radius 3 is 2.64 bits per heavy atom. The lowest BCUT2D eigenvalue weighted by atomic mass is 10.1. The van der Waals surface area contributed by atoms with E-state index in [-0.39, 0.29) is 12.5 Å². The van der Waals surface area contributed by atoms with Crippen LogP contribution in [0.25, 0.3) is 0 Å². The molecule has 0 bridgehead atoms. The predicted octanol–water partition coefficient (Wildman–Crippen LogP) is 4.73. The van der Waals surface area contributed by atoms with Crippen molar-refractivity contribution >= 4 is 21.8 Å². The number of ether oxygens (including phenoxy) is 1. The number of aryl methyl sites for hydroxylation is 3. The number of furan rings is 1. The van der Waals surface area contributed by atoms with E-state index in [9.17, 15) is 4.79 Å². The number of para-hydroxylation sites is 1. The van der Waals surface area contributed by atoms with Crippen LogP contribution in [-0.4, -0.2) is 27.6 Å². The van der Waals surface area contributed by atoms with Gasteiger partial charge in [-0.25, -0.2) is 0 Å². The molecular weight excluding hydrogens is 422 g/mol. The van der Waals surface area contributed by atoms with Gasteiger partial charge >= 0.3 is 0 Å². The number of aromatic nitrogens is 2. The Balaban J connectivity index is 1.65. The van der Waals surface area contributed by atoms with Gasteiger partial charge in [0.1, 0.15) is 18.1 Å². The van der Waals surface area contributed by atoms with Crippen LogP contribution in [0.4, 0.5) is 0 Å². The van der Waals surface area contributed by atoms with E-state index in [0.29, 0.717) is 18.1 Å². The highest BCUT2D eigenvalue weighted by Crippen LogP contribution is 2.24. The predicted molar refractivity (Wildman–Crippen MR) is 110 cm³/mol. The number of halogens is 1. The van der Waals surface area contributed by atoms with Gasteiger partial charge in [-0.1, -0.05) is 18.2 Å². The zero-order chi connectivity index (χ0) is 20.3. The molecule has 0 spiro atoms.